The zero-order chi connectivity index (χ0) is 11.3. The SMILES string of the molecule is CC1CN2CCCc3cccc(c32)C1(C)C. The van der Waals surface area contributed by atoms with Crippen LogP contribution in [0.1, 0.15) is 38.3 Å². The van der Waals surface area contributed by atoms with Crippen LogP contribution in [-0.4, -0.2) is 13.1 Å². The van der Waals surface area contributed by atoms with Gasteiger partial charge in [-0.05, 0) is 35.3 Å². The number of anilines is 1. The monoisotopic (exact) mass is 215 g/mol. The standard InChI is InChI=1S/C15H21N/c1-11-10-16-9-5-7-12-6-4-8-13(14(12)16)15(11,2)3/h4,6,8,11H,5,7,9-10H2,1-3H3. The molecule has 0 saturated heterocycles. The molecule has 0 aliphatic carbocycles. The number of nitrogens with zero attached hydrogens (tertiary/aromatic N) is 1. The van der Waals surface area contributed by atoms with Gasteiger partial charge in [0, 0.05) is 18.8 Å². The van der Waals surface area contributed by atoms with Crippen LogP contribution in [0.4, 0.5) is 5.69 Å². The predicted octanol–water partition coefficient (Wildman–Crippen LogP) is 3.37. The van der Waals surface area contributed by atoms with Crippen molar-refractivity contribution >= 4 is 5.69 Å². The summed E-state index contributed by atoms with van der Waals surface area (Å²) >= 11 is 0. The largest absolute Gasteiger partial charge is 0.371 e. The minimum Gasteiger partial charge on any atom is -0.371 e. The van der Waals surface area contributed by atoms with Gasteiger partial charge in [-0.1, -0.05) is 39.0 Å². The van der Waals surface area contributed by atoms with Crippen molar-refractivity contribution in [2.45, 2.75) is 39.0 Å². The van der Waals surface area contributed by atoms with E-state index in [0.29, 0.717) is 5.41 Å². The molecule has 0 radical (unpaired) electrons. The molecule has 1 unspecified atom stereocenters. The lowest BCUT2D eigenvalue weighted by Crippen LogP contribution is -2.46. The molecule has 0 aromatic heterocycles. The number of aryl methyl sites for hydroxylation is 1. The summed E-state index contributed by atoms with van der Waals surface area (Å²) in [6.45, 7) is 9.68. The van der Waals surface area contributed by atoms with E-state index in [-0.39, 0.29) is 0 Å². The maximum Gasteiger partial charge on any atom is 0.0437 e. The van der Waals surface area contributed by atoms with Crippen LogP contribution in [0.15, 0.2) is 18.2 Å². The van der Waals surface area contributed by atoms with E-state index in [0.717, 1.165) is 5.92 Å². The summed E-state index contributed by atoms with van der Waals surface area (Å²) in [7, 11) is 0. The Morgan fingerprint density at radius 2 is 2.12 bits per heavy atom. The molecule has 16 heavy (non-hydrogen) atoms. The average molecular weight is 215 g/mol. The van der Waals surface area contributed by atoms with Crippen LogP contribution in [0.25, 0.3) is 0 Å². The third-order valence-corrected chi connectivity index (χ3v) is 4.73. The highest BCUT2D eigenvalue weighted by Crippen LogP contribution is 2.45. The quantitative estimate of drug-likeness (QED) is 0.641. The molecular weight excluding hydrogens is 194 g/mol. The van der Waals surface area contributed by atoms with Crippen LogP contribution in [0.2, 0.25) is 0 Å². The molecule has 2 aliphatic rings. The van der Waals surface area contributed by atoms with Gasteiger partial charge in [-0.3, -0.25) is 0 Å². The fraction of sp³-hybridized carbons (Fsp3) is 0.600. The topological polar surface area (TPSA) is 3.24 Å². The molecule has 1 heteroatoms. The van der Waals surface area contributed by atoms with Crippen LogP contribution in [0.5, 0.6) is 0 Å². The van der Waals surface area contributed by atoms with Crippen LogP contribution >= 0.6 is 0 Å². The zero-order valence-electron chi connectivity index (χ0n) is 10.6. The molecule has 0 spiro atoms. The molecule has 0 saturated carbocycles. The number of hydrogen-bond donors (Lipinski definition) is 0. The van der Waals surface area contributed by atoms with Gasteiger partial charge in [-0.25, -0.2) is 0 Å². The van der Waals surface area contributed by atoms with E-state index in [2.05, 4.69) is 43.9 Å². The highest BCUT2D eigenvalue weighted by atomic mass is 15.2. The Morgan fingerprint density at radius 1 is 1.31 bits per heavy atom. The summed E-state index contributed by atoms with van der Waals surface area (Å²) in [5.41, 5.74) is 5.04. The first-order chi connectivity index (χ1) is 7.60. The molecule has 0 N–H and O–H groups in total. The van der Waals surface area contributed by atoms with Gasteiger partial charge in [-0.15, -0.1) is 0 Å². The predicted molar refractivity (Wildman–Crippen MR) is 69.2 cm³/mol. The van der Waals surface area contributed by atoms with Gasteiger partial charge < -0.3 is 4.90 Å². The molecule has 0 bridgehead atoms. The maximum atomic E-state index is 2.62. The Hall–Kier alpha value is -0.980. The van der Waals surface area contributed by atoms with Crippen molar-refractivity contribution in [3.05, 3.63) is 29.3 Å². The van der Waals surface area contributed by atoms with E-state index in [4.69, 9.17) is 0 Å². The summed E-state index contributed by atoms with van der Waals surface area (Å²) in [5, 5.41) is 0. The fourth-order valence-corrected chi connectivity index (χ4v) is 3.27. The Kier molecular flexibility index (Phi) is 2.07. The first-order valence-corrected chi connectivity index (χ1v) is 6.48. The molecule has 2 aliphatic heterocycles. The fourth-order valence-electron chi connectivity index (χ4n) is 3.27. The second-order valence-electron chi connectivity index (χ2n) is 5.99. The van der Waals surface area contributed by atoms with Crippen LogP contribution in [-0.2, 0) is 11.8 Å². The first kappa shape index (κ1) is 10.2. The Bertz CT molecular complexity index is 419. The first-order valence-electron chi connectivity index (χ1n) is 6.48. The number of hydrogen-bond acceptors (Lipinski definition) is 1. The molecule has 1 atom stereocenters. The lowest BCUT2D eigenvalue weighted by Gasteiger charge is -2.47. The molecule has 0 fully saturated rings. The molecule has 0 amide bonds. The van der Waals surface area contributed by atoms with Crippen molar-refractivity contribution in [3.63, 3.8) is 0 Å². The minimum absolute atomic E-state index is 0.333. The Balaban J connectivity index is 2.23. The van der Waals surface area contributed by atoms with Crippen LogP contribution in [0.3, 0.4) is 0 Å². The van der Waals surface area contributed by atoms with Crippen molar-refractivity contribution < 1.29 is 0 Å². The van der Waals surface area contributed by atoms with Gasteiger partial charge >= 0.3 is 0 Å². The summed E-state index contributed by atoms with van der Waals surface area (Å²) < 4.78 is 0. The molecule has 1 aromatic rings. The van der Waals surface area contributed by atoms with Crippen molar-refractivity contribution in [2.75, 3.05) is 18.0 Å². The van der Waals surface area contributed by atoms with Gasteiger partial charge in [0.15, 0.2) is 0 Å². The minimum atomic E-state index is 0.333. The molecule has 2 heterocycles. The van der Waals surface area contributed by atoms with Crippen molar-refractivity contribution in [1.82, 2.24) is 0 Å². The number of para-hydroxylation sites is 1. The molecule has 86 valence electrons. The second-order valence-corrected chi connectivity index (χ2v) is 5.99. The van der Waals surface area contributed by atoms with E-state index in [1.165, 1.54) is 25.9 Å². The Morgan fingerprint density at radius 3 is 2.94 bits per heavy atom. The van der Waals surface area contributed by atoms with E-state index in [1.807, 2.05) is 0 Å². The highest BCUT2D eigenvalue weighted by molar-refractivity contribution is 5.65. The summed E-state index contributed by atoms with van der Waals surface area (Å²) in [4.78, 5) is 2.62. The summed E-state index contributed by atoms with van der Waals surface area (Å²) in [6.07, 6.45) is 2.59. The summed E-state index contributed by atoms with van der Waals surface area (Å²) in [5.74, 6) is 0.744. The van der Waals surface area contributed by atoms with Crippen molar-refractivity contribution in [3.8, 4) is 0 Å². The van der Waals surface area contributed by atoms with Gasteiger partial charge in [0.25, 0.3) is 0 Å². The molecule has 1 nitrogen and oxygen atoms in total. The third kappa shape index (κ3) is 1.24. The lowest BCUT2D eigenvalue weighted by molar-refractivity contribution is 0.323. The maximum absolute atomic E-state index is 2.62. The van der Waals surface area contributed by atoms with Crippen LogP contribution < -0.4 is 4.90 Å². The van der Waals surface area contributed by atoms with E-state index in [9.17, 15) is 0 Å². The second kappa shape index (κ2) is 3.26. The zero-order valence-corrected chi connectivity index (χ0v) is 10.6. The lowest BCUT2D eigenvalue weighted by atomic mass is 9.69. The average Bonchev–Trinajstić information content (AvgIpc) is 2.27. The highest BCUT2D eigenvalue weighted by Gasteiger charge is 2.38. The molecule has 3 rings (SSSR count). The van der Waals surface area contributed by atoms with Gasteiger partial charge in [-0.2, -0.15) is 0 Å². The van der Waals surface area contributed by atoms with Crippen LogP contribution in [0, 0.1) is 5.92 Å². The van der Waals surface area contributed by atoms with Gasteiger partial charge in [0.1, 0.15) is 0 Å². The van der Waals surface area contributed by atoms with Gasteiger partial charge in [0.2, 0.25) is 0 Å². The third-order valence-electron chi connectivity index (χ3n) is 4.73. The van der Waals surface area contributed by atoms with E-state index < -0.39 is 0 Å². The summed E-state index contributed by atoms with van der Waals surface area (Å²) in [6, 6.07) is 6.90. The normalized spacial score (nSPS) is 26.4. The number of benzene rings is 1. The van der Waals surface area contributed by atoms with E-state index in [1.54, 1.807) is 16.8 Å². The molecule has 1 aromatic carbocycles. The van der Waals surface area contributed by atoms with Gasteiger partial charge in [0.05, 0.1) is 0 Å². The van der Waals surface area contributed by atoms with Crippen molar-refractivity contribution in [2.24, 2.45) is 5.92 Å². The number of rotatable bonds is 0. The Labute approximate surface area is 98.5 Å². The van der Waals surface area contributed by atoms with E-state index >= 15 is 0 Å². The smallest absolute Gasteiger partial charge is 0.0437 e. The molecular formula is C15H21N. The van der Waals surface area contributed by atoms with Crippen molar-refractivity contribution in [1.29, 1.82) is 0 Å².